The number of ether oxygens (including phenoxy) is 1. The summed E-state index contributed by atoms with van der Waals surface area (Å²) in [5, 5.41) is 14.8. The van der Waals surface area contributed by atoms with Crippen LogP contribution in [0.3, 0.4) is 0 Å². The van der Waals surface area contributed by atoms with E-state index in [1.54, 1.807) is 38.1 Å². The summed E-state index contributed by atoms with van der Waals surface area (Å²) < 4.78 is 46.4. The highest BCUT2D eigenvalue weighted by Gasteiger charge is 2.30. The molecule has 1 heterocycles. The van der Waals surface area contributed by atoms with Gasteiger partial charge in [0.1, 0.15) is 0 Å². The van der Waals surface area contributed by atoms with E-state index in [4.69, 9.17) is 10.1 Å². The van der Waals surface area contributed by atoms with Crippen molar-refractivity contribution in [3.05, 3.63) is 88.4 Å². The van der Waals surface area contributed by atoms with Gasteiger partial charge in [0, 0.05) is 11.9 Å². The van der Waals surface area contributed by atoms with Gasteiger partial charge in [-0.25, -0.2) is 4.68 Å². The SMILES string of the molecule is CC(C)Oc1cn(-c2cccc(C(F)(F)F)c2)nc(/C(=C/C=N)Nc2ccccc2)c1=O. The van der Waals surface area contributed by atoms with Crippen LogP contribution in [0.4, 0.5) is 18.9 Å². The summed E-state index contributed by atoms with van der Waals surface area (Å²) >= 11 is 0. The van der Waals surface area contributed by atoms with E-state index in [0.29, 0.717) is 5.69 Å². The summed E-state index contributed by atoms with van der Waals surface area (Å²) in [4.78, 5) is 13.1. The van der Waals surface area contributed by atoms with E-state index in [0.717, 1.165) is 23.0 Å². The van der Waals surface area contributed by atoms with Gasteiger partial charge in [-0.1, -0.05) is 24.3 Å². The van der Waals surface area contributed by atoms with E-state index in [2.05, 4.69) is 10.4 Å². The fourth-order valence-corrected chi connectivity index (χ4v) is 2.88. The van der Waals surface area contributed by atoms with Crippen molar-refractivity contribution in [3.8, 4) is 11.4 Å². The number of alkyl halides is 3. The number of allylic oxidation sites excluding steroid dienone is 1. The van der Waals surface area contributed by atoms with E-state index in [1.165, 1.54) is 24.4 Å². The molecule has 0 fully saturated rings. The van der Waals surface area contributed by atoms with Gasteiger partial charge in [0.15, 0.2) is 11.4 Å². The molecule has 0 saturated carbocycles. The Kier molecular flexibility index (Phi) is 6.77. The Bertz CT molecular complexity index is 1190. The van der Waals surface area contributed by atoms with Crippen LogP contribution in [0.15, 0.2) is 71.7 Å². The van der Waals surface area contributed by atoms with Crippen LogP contribution in [-0.2, 0) is 6.18 Å². The van der Waals surface area contributed by atoms with Gasteiger partial charge in [-0.05, 0) is 50.3 Å². The molecule has 6 nitrogen and oxygen atoms in total. The molecule has 2 N–H and O–H groups in total. The lowest BCUT2D eigenvalue weighted by Crippen LogP contribution is -2.23. The number of rotatable bonds is 7. The van der Waals surface area contributed by atoms with Crippen LogP contribution >= 0.6 is 0 Å². The first-order valence-corrected chi connectivity index (χ1v) is 9.70. The predicted molar refractivity (Wildman–Crippen MR) is 117 cm³/mol. The minimum absolute atomic E-state index is 0.0758. The average Bonchev–Trinajstić information content (AvgIpc) is 2.75. The predicted octanol–water partition coefficient (Wildman–Crippen LogP) is 5.14. The number of nitrogens with zero attached hydrogens (tertiary/aromatic N) is 2. The molecule has 0 amide bonds. The maximum Gasteiger partial charge on any atom is 0.416 e. The summed E-state index contributed by atoms with van der Waals surface area (Å²) in [5.41, 5.74) is -0.565. The fourth-order valence-electron chi connectivity index (χ4n) is 2.88. The van der Waals surface area contributed by atoms with Gasteiger partial charge in [0.05, 0.1) is 29.2 Å². The highest BCUT2D eigenvalue weighted by molar-refractivity contribution is 5.87. The number of benzene rings is 2. The first kappa shape index (κ1) is 22.8. The molecular weight excluding hydrogens is 421 g/mol. The van der Waals surface area contributed by atoms with Gasteiger partial charge < -0.3 is 15.5 Å². The number of anilines is 1. The Morgan fingerprint density at radius 2 is 1.88 bits per heavy atom. The Labute approximate surface area is 182 Å². The van der Waals surface area contributed by atoms with E-state index in [-0.39, 0.29) is 28.9 Å². The smallest absolute Gasteiger partial charge is 0.416 e. The zero-order valence-electron chi connectivity index (χ0n) is 17.4. The van der Waals surface area contributed by atoms with Crippen LogP contribution in [-0.4, -0.2) is 22.1 Å². The quantitative estimate of drug-likeness (QED) is 0.497. The molecular formula is C23H21F3N4O2. The van der Waals surface area contributed by atoms with Gasteiger partial charge in [-0.2, -0.15) is 18.3 Å². The first-order valence-electron chi connectivity index (χ1n) is 9.70. The number of hydrogen-bond acceptors (Lipinski definition) is 5. The molecule has 166 valence electrons. The second kappa shape index (κ2) is 9.51. The van der Waals surface area contributed by atoms with Crippen LogP contribution in [0.25, 0.3) is 11.4 Å². The van der Waals surface area contributed by atoms with E-state index in [9.17, 15) is 18.0 Å². The molecule has 0 aliphatic heterocycles. The summed E-state index contributed by atoms with van der Waals surface area (Å²) in [5.74, 6) is -0.0758. The van der Waals surface area contributed by atoms with E-state index in [1.807, 2.05) is 6.07 Å². The average molecular weight is 442 g/mol. The van der Waals surface area contributed by atoms with Gasteiger partial charge in [-0.15, -0.1) is 0 Å². The lowest BCUT2D eigenvalue weighted by Gasteiger charge is -2.16. The third-order valence-corrected chi connectivity index (χ3v) is 4.24. The van der Waals surface area contributed by atoms with Crippen molar-refractivity contribution in [3.63, 3.8) is 0 Å². The Morgan fingerprint density at radius 1 is 1.16 bits per heavy atom. The number of hydrogen-bond donors (Lipinski definition) is 2. The number of para-hydroxylation sites is 1. The van der Waals surface area contributed by atoms with Crippen LogP contribution in [0.1, 0.15) is 25.1 Å². The van der Waals surface area contributed by atoms with Crippen LogP contribution < -0.4 is 15.5 Å². The normalized spacial score (nSPS) is 12.0. The molecule has 2 aromatic carbocycles. The molecule has 3 aromatic rings. The molecule has 0 spiro atoms. The molecule has 0 radical (unpaired) electrons. The minimum Gasteiger partial charge on any atom is -0.485 e. The Balaban J connectivity index is 2.18. The molecule has 32 heavy (non-hydrogen) atoms. The summed E-state index contributed by atoms with van der Waals surface area (Å²) in [7, 11) is 0. The number of nitrogens with one attached hydrogen (secondary N) is 2. The summed E-state index contributed by atoms with van der Waals surface area (Å²) in [6, 6.07) is 13.5. The third kappa shape index (κ3) is 5.42. The van der Waals surface area contributed by atoms with Crippen LogP contribution in [0.5, 0.6) is 5.75 Å². The van der Waals surface area contributed by atoms with Crippen molar-refractivity contribution < 1.29 is 17.9 Å². The molecule has 0 atom stereocenters. The number of halogens is 3. The second-order valence-corrected chi connectivity index (χ2v) is 7.07. The van der Waals surface area contributed by atoms with E-state index < -0.39 is 17.2 Å². The molecule has 1 aromatic heterocycles. The topological polar surface area (TPSA) is 80.0 Å². The number of aromatic nitrogens is 2. The van der Waals surface area contributed by atoms with Gasteiger partial charge in [0.2, 0.25) is 0 Å². The highest BCUT2D eigenvalue weighted by atomic mass is 19.4. The Hall–Kier alpha value is -3.88. The third-order valence-electron chi connectivity index (χ3n) is 4.24. The lowest BCUT2D eigenvalue weighted by atomic mass is 10.2. The van der Waals surface area contributed by atoms with E-state index >= 15 is 0 Å². The lowest BCUT2D eigenvalue weighted by molar-refractivity contribution is -0.137. The van der Waals surface area contributed by atoms with Crippen molar-refractivity contribution in [1.29, 1.82) is 5.41 Å². The van der Waals surface area contributed by atoms with Crippen molar-refractivity contribution >= 4 is 17.6 Å². The zero-order valence-corrected chi connectivity index (χ0v) is 17.4. The standard InChI is InChI=1S/C23H21F3N4O2/c1-15(2)32-20-14-30(18-10-6-7-16(13-18)23(24,25)26)29-21(22(20)31)19(11-12-27)28-17-8-4-3-5-9-17/h3-15,27-28H,1-2H3/b19-11-,27-12?. The van der Waals surface area contributed by atoms with Crippen molar-refractivity contribution in [1.82, 2.24) is 9.78 Å². The molecule has 3 rings (SSSR count). The van der Waals surface area contributed by atoms with Crippen LogP contribution in [0.2, 0.25) is 0 Å². The van der Waals surface area contributed by atoms with Crippen molar-refractivity contribution in [2.45, 2.75) is 26.1 Å². The Morgan fingerprint density at radius 3 is 2.50 bits per heavy atom. The highest BCUT2D eigenvalue weighted by Crippen LogP contribution is 2.30. The second-order valence-electron chi connectivity index (χ2n) is 7.07. The van der Waals surface area contributed by atoms with Gasteiger partial charge >= 0.3 is 6.18 Å². The molecule has 0 aliphatic carbocycles. The summed E-state index contributed by atoms with van der Waals surface area (Å²) in [6.45, 7) is 3.45. The van der Waals surface area contributed by atoms with Crippen LogP contribution in [0, 0.1) is 5.41 Å². The summed E-state index contributed by atoms with van der Waals surface area (Å²) in [6.07, 6.45) is -1.31. The fraction of sp³-hybridized carbons (Fsp3) is 0.174. The van der Waals surface area contributed by atoms with Crippen molar-refractivity contribution in [2.75, 3.05) is 5.32 Å². The zero-order chi connectivity index (χ0) is 23.3. The molecule has 0 bridgehead atoms. The maximum absolute atomic E-state index is 13.2. The minimum atomic E-state index is -4.53. The molecule has 0 saturated heterocycles. The first-order chi connectivity index (χ1) is 15.2. The molecule has 0 aliphatic rings. The molecule has 9 heteroatoms. The monoisotopic (exact) mass is 442 g/mol. The van der Waals surface area contributed by atoms with Gasteiger partial charge in [-0.3, -0.25) is 4.79 Å². The largest absolute Gasteiger partial charge is 0.485 e. The maximum atomic E-state index is 13.2. The molecule has 0 unspecified atom stereocenters. The van der Waals surface area contributed by atoms with Gasteiger partial charge in [0.25, 0.3) is 5.43 Å². The van der Waals surface area contributed by atoms with Crippen molar-refractivity contribution in [2.24, 2.45) is 0 Å².